The Bertz CT molecular complexity index is 853. The average Bonchev–Trinajstić information content (AvgIpc) is 2.90. The summed E-state index contributed by atoms with van der Waals surface area (Å²) in [6, 6.07) is 0. The Kier molecular flexibility index (Phi) is 9.68. The molecule has 3 atom stereocenters. The molecule has 7 rings (SSSR count). The lowest BCUT2D eigenvalue weighted by Crippen LogP contribution is -2.49. The lowest BCUT2D eigenvalue weighted by atomic mass is 9.61. The zero-order valence-electron chi connectivity index (χ0n) is 23.3. The lowest BCUT2D eigenvalue weighted by molar-refractivity contribution is -0.133. The molecule has 6 heterocycles. The van der Waals surface area contributed by atoms with E-state index < -0.39 is 0 Å². The molecule has 6 bridgehead atoms. The molecule has 6 aliphatic heterocycles. The molecule has 0 aromatic rings. The minimum atomic E-state index is 0.0950. The Morgan fingerprint density at radius 1 is 0.892 bits per heavy atom. The van der Waals surface area contributed by atoms with Gasteiger partial charge < -0.3 is 10.2 Å². The third-order valence-corrected chi connectivity index (χ3v) is 9.84. The van der Waals surface area contributed by atoms with E-state index in [1.807, 2.05) is 4.90 Å². The Labute approximate surface area is 225 Å². The van der Waals surface area contributed by atoms with Crippen LogP contribution < -0.4 is 5.32 Å². The van der Waals surface area contributed by atoms with Crippen LogP contribution >= 0.6 is 0 Å². The van der Waals surface area contributed by atoms with E-state index in [4.69, 9.17) is 0 Å². The zero-order valence-corrected chi connectivity index (χ0v) is 23.3. The minimum absolute atomic E-state index is 0.0950. The summed E-state index contributed by atoms with van der Waals surface area (Å²) in [5.74, 6) is 1.92. The molecule has 1 aliphatic carbocycles. The minimum Gasteiger partial charge on any atom is -0.356 e. The molecular weight excluding hydrogens is 460 g/mol. The van der Waals surface area contributed by atoms with Crippen molar-refractivity contribution < 1.29 is 9.59 Å². The quantitative estimate of drug-likeness (QED) is 0.536. The average molecular weight is 511 g/mol. The van der Waals surface area contributed by atoms with Crippen LogP contribution in [0.25, 0.3) is 0 Å². The van der Waals surface area contributed by atoms with Gasteiger partial charge in [0.25, 0.3) is 0 Å². The molecule has 1 N–H and O–H groups in total. The first-order chi connectivity index (χ1) is 17.8. The standard InChI is InChI=1S/C31H50N4O2/c1-5-31(4)13-10-27-21-28(31)25(3)23-33-15-11-26(12-16-33)8-9-29(36)32-14-6-7-30(37)35-19-17-34(18-20-35)22-24(27)2/h5,26-28H,1-3,6-23H2,4H3,(H,32,36)/t27-,28+,31-/m1/s1. The van der Waals surface area contributed by atoms with Crippen molar-refractivity contribution in [2.45, 2.75) is 64.7 Å². The van der Waals surface area contributed by atoms with E-state index in [0.29, 0.717) is 37.1 Å². The first-order valence-electron chi connectivity index (χ1n) is 14.8. The number of hydrogen-bond acceptors (Lipinski definition) is 4. The summed E-state index contributed by atoms with van der Waals surface area (Å²) < 4.78 is 0. The molecule has 0 spiro atoms. The van der Waals surface area contributed by atoms with E-state index >= 15 is 0 Å². The number of hydrogen-bond donors (Lipinski definition) is 1. The Balaban J connectivity index is 1.43. The second kappa shape index (κ2) is 12.8. The summed E-state index contributed by atoms with van der Waals surface area (Å²) in [7, 11) is 0. The summed E-state index contributed by atoms with van der Waals surface area (Å²) in [4.78, 5) is 32.1. The number of carbonyl (C=O) groups is 2. The molecule has 7 aliphatic rings. The van der Waals surface area contributed by atoms with Crippen molar-refractivity contribution in [2.75, 3.05) is 58.9 Å². The highest BCUT2D eigenvalue weighted by atomic mass is 16.2. The van der Waals surface area contributed by atoms with Crippen molar-refractivity contribution in [3.05, 3.63) is 37.0 Å². The van der Waals surface area contributed by atoms with Gasteiger partial charge >= 0.3 is 0 Å². The summed E-state index contributed by atoms with van der Waals surface area (Å²) >= 11 is 0. The molecule has 6 nitrogen and oxygen atoms in total. The van der Waals surface area contributed by atoms with Gasteiger partial charge in [0.2, 0.25) is 11.8 Å². The summed E-state index contributed by atoms with van der Waals surface area (Å²) in [6.07, 6.45) is 10.7. The van der Waals surface area contributed by atoms with Gasteiger partial charge in [-0.1, -0.05) is 37.3 Å². The van der Waals surface area contributed by atoms with Gasteiger partial charge in [-0.25, -0.2) is 0 Å². The normalized spacial score (nSPS) is 37.3. The van der Waals surface area contributed by atoms with Gasteiger partial charge in [-0.3, -0.25) is 19.4 Å². The van der Waals surface area contributed by atoms with Crippen LogP contribution in [0.2, 0.25) is 0 Å². The number of piperidine rings is 1. The number of allylic oxidation sites excluding steroid dienone is 1. The van der Waals surface area contributed by atoms with Crippen LogP contribution in [-0.2, 0) is 9.59 Å². The highest BCUT2D eigenvalue weighted by molar-refractivity contribution is 5.77. The number of nitrogens with zero attached hydrogens (tertiary/aromatic N) is 3. The number of rotatable bonds is 1. The van der Waals surface area contributed by atoms with Crippen LogP contribution in [0, 0.1) is 23.2 Å². The van der Waals surface area contributed by atoms with Crippen molar-refractivity contribution in [2.24, 2.45) is 23.2 Å². The maximum atomic E-state index is 12.7. The summed E-state index contributed by atoms with van der Waals surface area (Å²) in [5.41, 5.74) is 2.79. The smallest absolute Gasteiger partial charge is 0.222 e. The van der Waals surface area contributed by atoms with E-state index in [2.05, 4.69) is 47.9 Å². The number of amides is 2. The number of nitrogens with one attached hydrogen (secondary N) is 1. The largest absolute Gasteiger partial charge is 0.356 e. The predicted octanol–water partition coefficient (Wildman–Crippen LogP) is 4.25. The lowest BCUT2D eigenvalue weighted by Gasteiger charge is -2.46. The van der Waals surface area contributed by atoms with E-state index in [-0.39, 0.29) is 17.2 Å². The Morgan fingerprint density at radius 2 is 1.57 bits per heavy atom. The molecule has 2 amide bonds. The Hall–Kier alpha value is -1.92. The van der Waals surface area contributed by atoms with Gasteiger partial charge in [0, 0.05) is 58.7 Å². The van der Waals surface area contributed by atoms with Crippen LogP contribution in [0.15, 0.2) is 37.0 Å². The third kappa shape index (κ3) is 7.35. The predicted molar refractivity (Wildman–Crippen MR) is 151 cm³/mol. The molecular formula is C31H50N4O2. The fraction of sp³-hybridized carbons (Fsp3) is 0.742. The summed E-state index contributed by atoms with van der Waals surface area (Å²) in [5, 5.41) is 3.04. The third-order valence-electron chi connectivity index (χ3n) is 9.84. The van der Waals surface area contributed by atoms with Crippen LogP contribution in [0.3, 0.4) is 0 Å². The van der Waals surface area contributed by atoms with Crippen molar-refractivity contribution in [1.82, 2.24) is 20.0 Å². The van der Waals surface area contributed by atoms with Crippen molar-refractivity contribution in [3.63, 3.8) is 0 Å². The Morgan fingerprint density at radius 3 is 2.27 bits per heavy atom. The van der Waals surface area contributed by atoms with Gasteiger partial charge in [-0.2, -0.15) is 0 Å². The molecule has 0 unspecified atom stereocenters. The summed E-state index contributed by atoms with van der Waals surface area (Å²) in [6.45, 7) is 23.9. The monoisotopic (exact) mass is 510 g/mol. The van der Waals surface area contributed by atoms with Crippen molar-refractivity contribution in [1.29, 1.82) is 0 Å². The van der Waals surface area contributed by atoms with Crippen LogP contribution in [0.1, 0.15) is 64.7 Å². The maximum Gasteiger partial charge on any atom is 0.222 e. The first-order valence-corrected chi connectivity index (χ1v) is 14.8. The molecule has 0 aromatic heterocycles. The van der Waals surface area contributed by atoms with E-state index in [0.717, 1.165) is 90.9 Å². The molecule has 6 saturated heterocycles. The van der Waals surface area contributed by atoms with Crippen molar-refractivity contribution >= 4 is 11.8 Å². The van der Waals surface area contributed by atoms with Gasteiger partial charge in [0.1, 0.15) is 0 Å². The zero-order chi connectivity index (χ0) is 26.4. The molecule has 1 saturated carbocycles. The molecule has 7 fully saturated rings. The fourth-order valence-corrected chi connectivity index (χ4v) is 7.03. The fourth-order valence-electron chi connectivity index (χ4n) is 7.03. The van der Waals surface area contributed by atoms with Gasteiger partial charge in [-0.05, 0) is 81.2 Å². The van der Waals surface area contributed by atoms with Gasteiger partial charge in [-0.15, -0.1) is 6.58 Å². The van der Waals surface area contributed by atoms with Crippen LogP contribution in [0.4, 0.5) is 0 Å². The van der Waals surface area contributed by atoms with Gasteiger partial charge in [0.05, 0.1) is 0 Å². The highest BCUT2D eigenvalue weighted by Gasteiger charge is 2.40. The second-order valence-electron chi connectivity index (χ2n) is 12.4. The maximum absolute atomic E-state index is 12.7. The van der Waals surface area contributed by atoms with E-state index in [9.17, 15) is 9.59 Å². The topological polar surface area (TPSA) is 55.9 Å². The van der Waals surface area contributed by atoms with E-state index in [1.54, 1.807) is 0 Å². The molecule has 206 valence electrons. The van der Waals surface area contributed by atoms with E-state index in [1.165, 1.54) is 17.6 Å². The molecule has 0 aromatic carbocycles. The van der Waals surface area contributed by atoms with Crippen molar-refractivity contribution in [3.8, 4) is 0 Å². The number of piperazine rings is 1. The molecule has 37 heavy (non-hydrogen) atoms. The molecule has 0 radical (unpaired) electrons. The number of carbonyl (C=O) groups excluding carboxylic acids is 2. The SMILES string of the molecule is C=C[C@]1(C)CC[C@@H]2C[C@H]1C(=C)CN1CCC(CCC(=O)NCCCC(=O)N3CCN(CC3)CC2=C)CC1. The molecule has 6 heteroatoms. The highest BCUT2D eigenvalue weighted by Crippen LogP contribution is 2.49. The second-order valence-corrected chi connectivity index (χ2v) is 12.4. The van der Waals surface area contributed by atoms with Crippen LogP contribution in [-0.4, -0.2) is 85.4 Å². The van der Waals surface area contributed by atoms with Gasteiger partial charge in [0.15, 0.2) is 0 Å². The first kappa shape index (κ1) is 28.1. The van der Waals surface area contributed by atoms with Crippen LogP contribution in [0.5, 0.6) is 0 Å².